The number of piperidine rings is 1. The lowest BCUT2D eigenvalue weighted by Crippen LogP contribution is -2.62. The maximum absolute atomic E-state index is 13.3. The van der Waals surface area contributed by atoms with Crippen molar-refractivity contribution >= 4 is 11.0 Å². The first-order valence-electron chi connectivity index (χ1n) is 8.81. The molecule has 0 amide bonds. The van der Waals surface area contributed by atoms with Crippen molar-refractivity contribution in [3.63, 3.8) is 0 Å². The van der Waals surface area contributed by atoms with Gasteiger partial charge in [0.25, 0.3) is 0 Å². The minimum Gasteiger partial charge on any atom is -0.460 e. The fourth-order valence-electron chi connectivity index (χ4n) is 4.31. The van der Waals surface area contributed by atoms with E-state index in [-0.39, 0.29) is 23.4 Å². The number of aliphatic hydroxyl groups excluding tert-OH is 1. The number of likely N-dealkylation sites (tertiary alicyclic amines) is 1. The van der Waals surface area contributed by atoms with Gasteiger partial charge in [-0.05, 0) is 57.1 Å². The van der Waals surface area contributed by atoms with Crippen LogP contribution in [-0.4, -0.2) is 41.9 Å². The minimum atomic E-state index is -0.240. The molecule has 0 bridgehead atoms. The summed E-state index contributed by atoms with van der Waals surface area (Å²) >= 11 is 0. The Morgan fingerprint density at radius 3 is 2.83 bits per heavy atom. The molecule has 2 aromatic rings. The normalized spacial score (nSPS) is 26.8. The summed E-state index contributed by atoms with van der Waals surface area (Å²) in [6.45, 7) is 5.29. The van der Waals surface area contributed by atoms with Crippen LogP contribution in [0.5, 0.6) is 0 Å². The third-order valence-corrected chi connectivity index (χ3v) is 5.81. The van der Waals surface area contributed by atoms with E-state index < -0.39 is 0 Å². The molecule has 4 rings (SSSR count). The van der Waals surface area contributed by atoms with E-state index in [0.717, 1.165) is 55.6 Å². The number of fused-ring (bicyclic) bond motifs is 1. The summed E-state index contributed by atoms with van der Waals surface area (Å²) in [6.07, 6.45) is 2.64. The molecule has 0 radical (unpaired) electrons. The number of hydrogen-bond acceptors (Lipinski definition) is 4. The molecule has 2 unspecified atom stereocenters. The van der Waals surface area contributed by atoms with Crippen LogP contribution < -0.4 is 0 Å². The van der Waals surface area contributed by atoms with E-state index in [2.05, 4.69) is 4.90 Å². The van der Waals surface area contributed by atoms with Crippen molar-refractivity contribution in [1.82, 2.24) is 4.90 Å². The standard InChI is InChI=1S/C19H24FNO3/c1-2-23-18-11-17(22)19(18)5-7-21(8-6-19)12-15-10-13-9-14(20)3-4-16(13)24-15/h3-4,9-10,17-18,22H,2,5-8,11-12H2,1H3. The van der Waals surface area contributed by atoms with Gasteiger partial charge in [0.15, 0.2) is 0 Å². The van der Waals surface area contributed by atoms with Crippen LogP contribution in [0.25, 0.3) is 11.0 Å². The van der Waals surface area contributed by atoms with Gasteiger partial charge in [-0.15, -0.1) is 0 Å². The highest BCUT2D eigenvalue weighted by Crippen LogP contribution is 2.51. The zero-order valence-electron chi connectivity index (χ0n) is 14.0. The Balaban J connectivity index is 1.40. The van der Waals surface area contributed by atoms with Crippen LogP contribution in [0, 0.1) is 11.2 Å². The second-order valence-corrected chi connectivity index (χ2v) is 7.10. The first-order valence-corrected chi connectivity index (χ1v) is 8.81. The maximum atomic E-state index is 13.3. The molecular formula is C19H24FNO3. The van der Waals surface area contributed by atoms with Crippen molar-refractivity contribution in [3.05, 3.63) is 35.8 Å². The molecule has 1 aliphatic heterocycles. The quantitative estimate of drug-likeness (QED) is 0.932. The molecule has 2 aliphatic rings. The Morgan fingerprint density at radius 2 is 2.12 bits per heavy atom. The molecular weight excluding hydrogens is 309 g/mol. The summed E-state index contributed by atoms with van der Waals surface area (Å²) in [4.78, 5) is 2.34. The smallest absolute Gasteiger partial charge is 0.134 e. The Bertz CT molecular complexity index is 718. The Morgan fingerprint density at radius 1 is 1.33 bits per heavy atom. The van der Waals surface area contributed by atoms with Gasteiger partial charge < -0.3 is 14.3 Å². The predicted molar refractivity (Wildman–Crippen MR) is 89.2 cm³/mol. The van der Waals surface area contributed by atoms with E-state index in [1.807, 2.05) is 13.0 Å². The van der Waals surface area contributed by atoms with E-state index in [1.54, 1.807) is 6.07 Å². The molecule has 1 spiro atoms. The average molecular weight is 333 g/mol. The predicted octanol–water partition coefficient (Wildman–Crippen LogP) is 3.32. The first-order chi connectivity index (χ1) is 11.6. The minimum absolute atomic E-state index is 0.0521. The molecule has 24 heavy (non-hydrogen) atoms. The highest BCUT2D eigenvalue weighted by molar-refractivity contribution is 5.77. The topological polar surface area (TPSA) is 45.8 Å². The largest absolute Gasteiger partial charge is 0.460 e. The van der Waals surface area contributed by atoms with Gasteiger partial charge in [-0.1, -0.05) is 0 Å². The van der Waals surface area contributed by atoms with Crippen molar-refractivity contribution in [2.24, 2.45) is 5.41 Å². The summed E-state index contributed by atoms with van der Waals surface area (Å²) < 4.78 is 24.9. The van der Waals surface area contributed by atoms with Crippen molar-refractivity contribution in [2.75, 3.05) is 19.7 Å². The number of hydrogen-bond donors (Lipinski definition) is 1. The van der Waals surface area contributed by atoms with Crippen LogP contribution in [0.3, 0.4) is 0 Å². The average Bonchev–Trinajstić information content (AvgIpc) is 2.96. The highest BCUT2D eigenvalue weighted by Gasteiger charge is 2.55. The van der Waals surface area contributed by atoms with Crippen LogP contribution in [0.15, 0.2) is 28.7 Å². The van der Waals surface area contributed by atoms with E-state index in [4.69, 9.17) is 9.15 Å². The van der Waals surface area contributed by atoms with E-state index >= 15 is 0 Å². The lowest BCUT2D eigenvalue weighted by atomic mass is 9.58. The zero-order valence-corrected chi connectivity index (χ0v) is 14.0. The monoisotopic (exact) mass is 333 g/mol. The summed E-state index contributed by atoms with van der Waals surface area (Å²) in [7, 11) is 0. The van der Waals surface area contributed by atoms with Gasteiger partial charge in [0.2, 0.25) is 0 Å². The number of rotatable bonds is 4. The second kappa shape index (κ2) is 6.14. The molecule has 2 atom stereocenters. The third kappa shape index (κ3) is 2.65. The summed E-state index contributed by atoms with van der Waals surface area (Å²) in [5.74, 6) is 0.623. The SMILES string of the molecule is CCOC1CC(O)C12CCN(Cc1cc3cc(F)ccc3o1)CC2. The summed E-state index contributed by atoms with van der Waals surface area (Å²) in [5, 5.41) is 11.1. The van der Waals surface area contributed by atoms with Crippen molar-refractivity contribution < 1.29 is 18.7 Å². The Hall–Kier alpha value is -1.43. The van der Waals surface area contributed by atoms with Crippen LogP contribution >= 0.6 is 0 Å². The Labute approximate surface area is 141 Å². The molecule has 2 heterocycles. The molecule has 1 N–H and O–H groups in total. The molecule has 5 heteroatoms. The van der Waals surface area contributed by atoms with E-state index in [9.17, 15) is 9.50 Å². The molecule has 1 saturated heterocycles. The van der Waals surface area contributed by atoms with Crippen molar-refractivity contribution in [2.45, 2.75) is 44.9 Å². The van der Waals surface area contributed by atoms with Gasteiger partial charge in [-0.3, -0.25) is 4.90 Å². The lowest BCUT2D eigenvalue weighted by molar-refractivity contribution is -0.210. The van der Waals surface area contributed by atoms with Gasteiger partial charge in [0.1, 0.15) is 17.2 Å². The molecule has 4 nitrogen and oxygen atoms in total. The van der Waals surface area contributed by atoms with Gasteiger partial charge in [0, 0.05) is 23.8 Å². The number of benzene rings is 1. The van der Waals surface area contributed by atoms with E-state index in [0.29, 0.717) is 6.61 Å². The zero-order chi connectivity index (χ0) is 16.7. The van der Waals surface area contributed by atoms with Crippen LogP contribution in [0.1, 0.15) is 31.9 Å². The van der Waals surface area contributed by atoms with Crippen molar-refractivity contribution in [3.8, 4) is 0 Å². The number of ether oxygens (including phenoxy) is 1. The summed E-state index contributed by atoms with van der Waals surface area (Å²) in [6, 6.07) is 6.53. The van der Waals surface area contributed by atoms with E-state index in [1.165, 1.54) is 12.1 Å². The number of nitrogens with zero attached hydrogens (tertiary/aromatic N) is 1. The Kier molecular flexibility index (Phi) is 4.11. The van der Waals surface area contributed by atoms with Crippen LogP contribution in [-0.2, 0) is 11.3 Å². The molecule has 130 valence electrons. The van der Waals surface area contributed by atoms with Gasteiger partial charge in [0.05, 0.1) is 18.8 Å². The number of furan rings is 1. The molecule has 2 fully saturated rings. The third-order valence-electron chi connectivity index (χ3n) is 5.81. The van der Waals surface area contributed by atoms with Crippen molar-refractivity contribution in [1.29, 1.82) is 0 Å². The lowest BCUT2D eigenvalue weighted by Gasteiger charge is -2.56. The molecule has 1 saturated carbocycles. The maximum Gasteiger partial charge on any atom is 0.134 e. The number of halogens is 1. The van der Waals surface area contributed by atoms with Gasteiger partial charge >= 0.3 is 0 Å². The fraction of sp³-hybridized carbons (Fsp3) is 0.579. The van der Waals surface area contributed by atoms with Crippen LogP contribution in [0.4, 0.5) is 4.39 Å². The van der Waals surface area contributed by atoms with Crippen LogP contribution in [0.2, 0.25) is 0 Å². The van der Waals surface area contributed by atoms with Gasteiger partial charge in [-0.25, -0.2) is 4.39 Å². The second-order valence-electron chi connectivity index (χ2n) is 7.10. The van der Waals surface area contributed by atoms with Gasteiger partial charge in [-0.2, -0.15) is 0 Å². The highest BCUT2D eigenvalue weighted by atomic mass is 19.1. The molecule has 1 aromatic heterocycles. The molecule has 1 aliphatic carbocycles. The molecule has 1 aromatic carbocycles. The number of aliphatic hydroxyl groups is 1. The fourth-order valence-corrected chi connectivity index (χ4v) is 4.31. The summed E-state index contributed by atoms with van der Waals surface area (Å²) in [5.41, 5.74) is 0.675. The first kappa shape index (κ1) is 16.1.